The van der Waals surface area contributed by atoms with Crippen LogP contribution in [0.25, 0.3) is 22.8 Å². The van der Waals surface area contributed by atoms with Gasteiger partial charge in [-0.3, -0.25) is 4.79 Å². The normalized spacial score (nSPS) is 18.3. The number of rotatable bonds is 5. The highest BCUT2D eigenvalue weighted by molar-refractivity contribution is 6.30. The van der Waals surface area contributed by atoms with Crippen molar-refractivity contribution >= 4 is 29.9 Å². The van der Waals surface area contributed by atoms with Gasteiger partial charge in [-0.2, -0.15) is 4.98 Å². The molecule has 1 aromatic heterocycles. The average molecular weight is 435 g/mol. The van der Waals surface area contributed by atoms with E-state index in [-0.39, 0.29) is 30.1 Å². The van der Waals surface area contributed by atoms with E-state index in [0.29, 0.717) is 41.6 Å². The highest BCUT2D eigenvalue weighted by atomic mass is 35.5. The second-order valence-corrected chi connectivity index (χ2v) is 7.11. The molecule has 1 fully saturated rings. The van der Waals surface area contributed by atoms with Gasteiger partial charge in [0.05, 0.1) is 17.2 Å². The van der Waals surface area contributed by atoms with E-state index in [1.807, 2.05) is 6.07 Å². The van der Waals surface area contributed by atoms with Gasteiger partial charge in [0.15, 0.2) is 0 Å². The van der Waals surface area contributed by atoms with Crippen LogP contribution in [0.15, 0.2) is 53.1 Å². The summed E-state index contributed by atoms with van der Waals surface area (Å²) in [5.74, 6) is 0.391. The maximum Gasteiger partial charge on any atom is 0.259 e. The summed E-state index contributed by atoms with van der Waals surface area (Å²) in [4.78, 5) is 17.1. The van der Waals surface area contributed by atoms with Crippen molar-refractivity contribution < 1.29 is 14.4 Å². The van der Waals surface area contributed by atoms with Crippen LogP contribution in [0.2, 0.25) is 5.02 Å². The maximum absolute atomic E-state index is 12.7. The SMILES string of the molecule is Cl.O=C(NCC1CNCC1O)c1ccccc1-c1nc(-c2cccc(Cl)c2)no1. The number of carbonyl (C=O) groups is 1. The van der Waals surface area contributed by atoms with E-state index in [1.165, 1.54) is 0 Å². The van der Waals surface area contributed by atoms with Crippen molar-refractivity contribution in [1.29, 1.82) is 0 Å². The number of nitrogens with zero attached hydrogens (tertiary/aromatic N) is 2. The Balaban J connectivity index is 0.00000240. The zero-order valence-electron chi connectivity index (χ0n) is 15.3. The van der Waals surface area contributed by atoms with Gasteiger partial charge in [0.1, 0.15) is 0 Å². The number of halogens is 2. The molecule has 3 N–H and O–H groups in total. The molecule has 2 aromatic carbocycles. The van der Waals surface area contributed by atoms with Crippen molar-refractivity contribution in [2.24, 2.45) is 5.92 Å². The molecular weight excluding hydrogens is 415 g/mol. The van der Waals surface area contributed by atoms with Crippen molar-refractivity contribution in [3.8, 4) is 22.8 Å². The van der Waals surface area contributed by atoms with Gasteiger partial charge in [0, 0.05) is 36.1 Å². The van der Waals surface area contributed by atoms with E-state index in [2.05, 4.69) is 20.8 Å². The van der Waals surface area contributed by atoms with Gasteiger partial charge in [-0.05, 0) is 24.3 Å². The lowest BCUT2D eigenvalue weighted by atomic mass is 10.0. The van der Waals surface area contributed by atoms with E-state index in [4.69, 9.17) is 16.1 Å². The minimum atomic E-state index is -0.452. The molecule has 2 unspecified atom stereocenters. The third-order valence-electron chi connectivity index (χ3n) is 4.74. The molecule has 29 heavy (non-hydrogen) atoms. The summed E-state index contributed by atoms with van der Waals surface area (Å²) in [5, 5.41) is 20.4. The monoisotopic (exact) mass is 434 g/mol. The lowest BCUT2D eigenvalue weighted by Crippen LogP contribution is -2.34. The van der Waals surface area contributed by atoms with Gasteiger partial charge in [0.2, 0.25) is 5.82 Å². The van der Waals surface area contributed by atoms with Crippen molar-refractivity contribution in [1.82, 2.24) is 20.8 Å². The predicted molar refractivity (Wildman–Crippen MR) is 112 cm³/mol. The zero-order valence-corrected chi connectivity index (χ0v) is 16.9. The van der Waals surface area contributed by atoms with Crippen LogP contribution < -0.4 is 10.6 Å². The van der Waals surface area contributed by atoms with Gasteiger partial charge >= 0.3 is 0 Å². The molecule has 1 aliphatic heterocycles. The first kappa shape index (κ1) is 21.3. The minimum absolute atomic E-state index is 0. The van der Waals surface area contributed by atoms with Gasteiger partial charge in [0.25, 0.3) is 11.8 Å². The van der Waals surface area contributed by atoms with Gasteiger partial charge in [-0.15, -0.1) is 12.4 Å². The van der Waals surface area contributed by atoms with E-state index < -0.39 is 6.10 Å². The van der Waals surface area contributed by atoms with Crippen molar-refractivity contribution in [2.75, 3.05) is 19.6 Å². The van der Waals surface area contributed by atoms with Crippen LogP contribution in [0.4, 0.5) is 0 Å². The van der Waals surface area contributed by atoms with Crippen molar-refractivity contribution in [3.05, 3.63) is 59.1 Å². The smallest absolute Gasteiger partial charge is 0.259 e. The topological polar surface area (TPSA) is 100 Å². The molecule has 0 aliphatic carbocycles. The Morgan fingerprint density at radius 1 is 1.24 bits per heavy atom. The number of hydrogen-bond acceptors (Lipinski definition) is 6. The van der Waals surface area contributed by atoms with Crippen molar-refractivity contribution in [3.63, 3.8) is 0 Å². The highest BCUT2D eigenvalue weighted by Crippen LogP contribution is 2.26. The molecule has 4 rings (SSSR count). The van der Waals surface area contributed by atoms with E-state index in [9.17, 15) is 9.90 Å². The van der Waals surface area contributed by atoms with E-state index in [0.717, 1.165) is 5.56 Å². The largest absolute Gasteiger partial charge is 0.391 e. The lowest BCUT2D eigenvalue weighted by molar-refractivity contribution is 0.0927. The standard InChI is InChI=1S/C20H19ClN4O3.ClH/c21-14-5-3-4-12(8-14)18-24-20(28-25-18)16-7-2-1-6-15(16)19(27)23-10-13-9-22-11-17(13)26;/h1-8,13,17,22,26H,9-11H2,(H,23,27);1H. The van der Waals surface area contributed by atoms with E-state index >= 15 is 0 Å². The molecule has 2 atom stereocenters. The quantitative estimate of drug-likeness (QED) is 0.570. The zero-order chi connectivity index (χ0) is 19.5. The number of benzene rings is 2. The Labute approximate surface area is 178 Å². The Kier molecular flexibility index (Phi) is 6.87. The van der Waals surface area contributed by atoms with Crippen LogP contribution >= 0.6 is 24.0 Å². The predicted octanol–water partition coefficient (Wildman–Crippen LogP) is 2.79. The van der Waals surface area contributed by atoms with Crippen molar-refractivity contribution in [2.45, 2.75) is 6.10 Å². The molecule has 0 bridgehead atoms. The van der Waals surface area contributed by atoms with Crippen LogP contribution in [0, 0.1) is 5.92 Å². The second-order valence-electron chi connectivity index (χ2n) is 6.67. The highest BCUT2D eigenvalue weighted by Gasteiger charge is 2.26. The summed E-state index contributed by atoms with van der Waals surface area (Å²) in [5.41, 5.74) is 1.71. The summed E-state index contributed by atoms with van der Waals surface area (Å²) in [6.45, 7) is 1.61. The van der Waals surface area contributed by atoms with Crippen LogP contribution in [0.5, 0.6) is 0 Å². The summed E-state index contributed by atoms with van der Waals surface area (Å²) in [7, 11) is 0. The second kappa shape index (κ2) is 9.37. The molecule has 7 nitrogen and oxygen atoms in total. The molecule has 3 aromatic rings. The third kappa shape index (κ3) is 4.76. The fourth-order valence-electron chi connectivity index (χ4n) is 3.19. The summed E-state index contributed by atoms with van der Waals surface area (Å²) < 4.78 is 5.40. The Hall–Kier alpha value is -2.45. The fraction of sp³-hybridized carbons (Fsp3) is 0.250. The molecule has 1 aliphatic rings. The number of hydrogen-bond donors (Lipinski definition) is 3. The number of aromatic nitrogens is 2. The summed E-state index contributed by atoms with van der Waals surface area (Å²) >= 11 is 6.02. The van der Waals surface area contributed by atoms with Crippen LogP contribution in [-0.4, -0.2) is 46.9 Å². The Bertz CT molecular complexity index is 995. The number of aliphatic hydroxyl groups excluding tert-OH is 1. The summed E-state index contributed by atoms with van der Waals surface area (Å²) in [6, 6.07) is 14.2. The van der Waals surface area contributed by atoms with Crippen LogP contribution in [0.3, 0.4) is 0 Å². The fourth-order valence-corrected chi connectivity index (χ4v) is 3.38. The minimum Gasteiger partial charge on any atom is -0.391 e. The summed E-state index contributed by atoms with van der Waals surface area (Å²) in [6.07, 6.45) is -0.452. The van der Waals surface area contributed by atoms with Crippen LogP contribution in [0.1, 0.15) is 10.4 Å². The molecule has 9 heteroatoms. The molecule has 1 amide bonds. The molecule has 152 valence electrons. The first-order valence-corrected chi connectivity index (χ1v) is 9.35. The van der Waals surface area contributed by atoms with E-state index in [1.54, 1.807) is 42.5 Å². The third-order valence-corrected chi connectivity index (χ3v) is 4.98. The Morgan fingerprint density at radius 2 is 2.07 bits per heavy atom. The number of aliphatic hydroxyl groups is 1. The van der Waals surface area contributed by atoms with Gasteiger partial charge < -0.3 is 20.3 Å². The molecule has 1 saturated heterocycles. The number of carbonyl (C=O) groups excluding carboxylic acids is 1. The lowest BCUT2D eigenvalue weighted by Gasteiger charge is -2.14. The number of β-amino-alcohol motifs (C(OH)–C–C–N with tert-alkyl or cyclic N) is 1. The first-order chi connectivity index (χ1) is 13.6. The number of nitrogens with one attached hydrogen (secondary N) is 2. The first-order valence-electron chi connectivity index (χ1n) is 8.98. The molecule has 0 saturated carbocycles. The van der Waals surface area contributed by atoms with Gasteiger partial charge in [-0.1, -0.05) is 41.0 Å². The maximum atomic E-state index is 12.7. The molecule has 2 heterocycles. The Morgan fingerprint density at radius 3 is 2.83 bits per heavy atom. The van der Waals surface area contributed by atoms with Gasteiger partial charge in [-0.25, -0.2) is 0 Å². The molecule has 0 radical (unpaired) electrons. The molecular formula is C20H20Cl2N4O3. The van der Waals surface area contributed by atoms with Crippen LogP contribution in [-0.2, 0) is 0 Å². The molecule has 0 spiro atoms. The average Bonchev–Trinajstić information content (AvgIpc) is 3.35. The number of amides is 1.